The summed E-state index contributed by atoms with van der Waals surface area (Å²) in [5.41, 5.74) is -7.75. The van der Waals surface area contributed by atoms with E-state index in [1.54, 1.807) is 19.9 Å². The van der Waals surface area contributed by atoms with E-state index in [1.165, 1.54) is 25.1 Å². The van der Waals surface area contributed by atoms with E-state index in [1.807, 2.05) is 0 Å². The summed E-state index contributed by atoms with van der Waals surface area (Å²) >= 11 is 0. The molecule has 2 aliphatic heterocycles. The molecular weight excluding hydrogens is 548 g/mol. The summed E-state index contributed by atoms with van der Waals surface area (Å²) < 4.78 is 17.7. The average molecular weight is 581 g/mol. The molecule has 0 aromatic heterocycles. The summed E-state index contributed by atoms with van der Waals surface area (Å²) in [7, 11) is 0. The predicted octanol–water partition coefficient (Wildman–Crippen LogP) is 1.71. The number of aliphatic hydroxyl groups is 3. The van der Waals surface area contributed by atoms with Crippen LogP contribution >= 0.6 is 0 Å². The number of fused-ring (bicyclic) bond motifs is 3. The predicted molar refractivity (Wildman–Crippen MR) is 144 cm³/mol. The molecular formula is C31H32O11. The fourth-order valence-corrected chi connectivity index (χ4v) is 6.80. The van der Waals surface area contributed by atoms with Crippen molar-refractivity contribution in [2.45, 2.75) is 94.0 Å². The molecule has 11 nitrogen and oxygen atoms in total. The van der Waals surface area contributed by atoms with Crippen molar-refractivity contribution in [1.29, 1.82) is 0 Å². The maximum atomic E-state index is 13.7. The lowest BCUT2D eigenvalue weighted by atomic mass is 9.57. The molecule has 11 heteroatoms. The summed E-state index contributed by atoms with van der Waals surface area (Å²) in [4.78, 5) is 52.3. The molecule has 2 fully saturated rings. The van der Waals surface area contributed by atoms with E-state index in [0.717, 1.165) is 12.2 Å². The lowest BCUT2D eigenvalue weighted by Crippen LogP contribution is -2.69. The van der Waals surface area contributed by atoms with Gasteiger partial charge in [-0.25, -0.2) is 0 Å². The maximum Gasteiger partial charge on any atom is 0.198 e. The Balaban J connectivity index is 1.27. The summed E-state index contributed by atoms with van der Waals surface area (Å²) in [6, 6.07) is 2.81. The van der Waals surface area contributed by atoms with Crippen molar-refractivity contribution in [2.75, 3.05) is 0 Å². The number of ketones is 4. The van der Waals surface area contributed by atoms with E-state index in [-0.39, 0.29) is 34.2 Å². The quantitative estimate of drug-likeness (QED) is 0.409. The molecule has 1 aromatic rings. The maximum absolute atomic E-state index is 13.7. The molecule has 0 amide bonds. The van der Waals surface area contributed by atoms with Crippen LogP contribution in [-0.4, -0.2) is 85.0 Å². The third-order valence-corrected chi connectivity index (χ3v) is 8.96. The molecule has 0 bridgehead atoms. The van der Waals surface area contributed by atoms with Gasteiger partial charge in [0, 0.05) is 29.5 Å². The standard InChI is InChI=1S/C31H32O11/c1-14-19(32)6-9-23(41-14)42-20-7-8-21(40-15(20)2)16-4-5-17-24(26(16)34)27(35)18-10-11-30(38)13-29(3,37)12-22(33)31(30,39)25(18)28(17)36/h4-6,9-11,14-15,20-21,23,34,37-39H,7-8,12-13H2,1-3H3/t14-,15+,20-,21+,23-,29-,30-,31-/m0/s1. The Labute approximate surface area is 241 Å². The zero-order chi connectivity index (χ0) is 30.4. The van der Waals surface area contributed by atoms with Crippen molar-refractivity contribution in [1.82, 2.24) is 0 Å². The minimum absolute atomic E-state index is 0.145. The van der Waals surface area contributed by atoms with E-state index < -0.39 is 82.9 Å². The number of rotatable bonds is 3. The fraction of sp³-hybridized carbons (Fsp3) is 0.484. The minimum Gasteiger partial charge on any atom is -0.507 e. The number of carbonyl (C=O) groups excluding carboxylic acids is 4. The van der Waals surface area contributed by atoms with E-state index in [4.69, 9.17) is 14.2 Å². The lowest BCUT2D eigenvalue weighted by Gasteiger charge is -2.51. The van der Waals surface area contributed by atoms with Crippen molar-refractivity contribution >= 4 is 23.1 Å². The average Bonchev–Trinajstić information content (AvgIpc) is 2.90. The number of phenols is 1. The molecule has 1 saturated heterocycles. The number of hydrogen-bond acceptors (Lipinski definition) is 11. The molecule has 0 spiro atoms. The van der Waals surface area contributed by atoms with Crippen LogP contribution < -0.4 is 0 Å². The second-order valence-electron chi connectivity index (χ2n) is 12.1. The Morgan fingerprint density at radius 1 is 0.976 bits per heavy atom. The molecule has 6 rings (SSSR count). The van der Waals surface area contributed by atoms with E-state index in [9.17, 15) is 39.6 Å². The first kappa shape index (κ1) is 28.8. The van der Waals surface area contributed by atoms with Crippen molar-refractivity contribution in [3.8, 4) is 5.75 Å². The van der Waals surface area contributed by atoms with Crippen molar-refractivity contribution < 1.29 is 53.8 Å². The SMILES string of the molecule is C[C@@H]1O[C@@H](O[C@H]2CC[C@H](c3ccc4c(c3O)C(=O)C3=C(C4=O)[C@@]4(O)C(=O)C[C@](C)(O)C[C@@]4(O)C=C3)O[C@@H]2C)C=CC1=O. The number of Topliss-reactive ketones (excluding diaryl/α,β-unsaturated/α-hetero) is 3. The highest BCUT2D eigenvalue weighted by molar-refractivity contribution is 6.32. The number of aromatic hydroxyl groups is 1. The van der Waals surface area contributed by atoms with Gasteiger partial charge in [0.1, 0.15) is 17.5 Å². The second-order valence-corrected chi connectivity index (χ2v) is 12.1. The minimum atomic E-state index is -2.74. The number of hydrogen-bond donors (Lipinski definition) is 4. The molecule has 2 heterocycles. The summed E-state index contributed by atoms with van der Waals surface area (Å²) in [6.45, 7) is 4.78. The van der Waals surface area contributed by atoms with Gasteiger partial charge in [0.05, 0.1) is 35.0 Å². The van der Waals surface area contributed by atoms with Gasteiger partial charge in [-0.1, -0.05) is 12.1 Å². The number of carbonyl (C=O) groups is 4. The molecule has 4 N–H and O–H groups in total. The van der Waals surface area contributed by atoms with Crippen LogP contribution in [0.15, 0.2) is 47.6 Å². The van der Waals surface area contributed by atoms with Crippen LogP contribution in [0.25, 0.3) is 0 Å². The Morgan fingerprint density at radius 2 is 1.71 bits per heavy atom. The second kappa shape index (κ2) is 9.60. The van der Waals surface area contributed by atoms with Gasteiger partial charge < -0.3 is 34.6 Å². The van der Waals surface area contributed by atoms with E-state index in [0.29, 0.717) is 12.8 Å². The summed E-state index contributed by atoms with van der Waals surface area (Å²) in [5.74, 6) is -3.24. The number of allylic oxidation sites excluding steroid dienone is 2. The first-order chi connectivity index (χ1) is 19.7. The molecule has 222 valence electrons. The van der Waals surface area contributed by atoms with Crippen LogP contribution in [0.3, 0.4) is 0 Å². The smallest absolute Gasteiger partial charge is 0.198 e. The summed E-state index contributed by atoms with van der Waals surface area (Å²) in [6.07, 6.45) is 2.38. The largest absolute Gasteiger partial charge is 0.507 e. The van der Waals surface area contributed by atoms with Crippen molar-refractivity contribution in [3.63, 3.8) is 0 Å². The van der Waals surface area contributed by atoms with Crippen LogP contribution in [0.4, 0.5) is 0 Å². The molecule has 8 atom stereocenters. The molecule has 0 radical (unpaired) electrons. The Bertz CT molecular complexity index is 1520. The van der Waals surface area contributed by atoms with Gasteiger partial charge in [-0.05, 0) is 57.9 Å². The van der Waals surface area contributed by atoms with E-state index in [2.05, 4.69) is 0 Å². The highest BCUT2D eigenvalue weighted by Gasteiger charge is 2.66. The van der Waals surface area contributed by atoms with Crippen LogP contribution in [0.2, 0.25) is 0 Å². The van der Waals surface area contributed by atoms with Gasteiger partial charge in [0.2, 0.25) is 0 Å². The fourth-order valence-electron chi connectivity index (χ4n) is 6.80. The van der Waals surface area contributed by atoms with Crippen LogP contribution in [0, 0.1) is 0 Å². The highest BCUT2D eigenvalue weighted by Crippen LogP contribution is 2.52. The van der Waals surface area contributed by atoms with Gasteiger partial charge in [-0.15, -0.1) is 0 Å². The van der Waals surface area contributed by atoms with Crippen LogP contribution in [0.5, 0.6) is 5.75 Å². The van der Waals surface area contributed by atoms with Crippen molar-refractivity contribution in [2.24, 2.45) is 0 Å². The lowest BCUT2D eigenvalue weighted by molar-refractivity contribution is -0.215. The molecule has 1 aromatic carbocycles. The van der Waals surface area contributed by atoms with Gasteiger partial charge in [0.15, 0.2) is 35.0 Å². The van der Waals surface area contributed by atoms with Crippen LogP contribution in [-0.2, 0) is 23.8 Å². The number of ether oxygens (including phenoxy) is 3. The third kappa shape index (κ3) is 4.18. The van der Waals surface area contributed by atoms with Gasteiger partial charge in [0.25, 0.3) is 0 Å². The Morgan fingerprint density at radius 3 is 2.40 bits per heavy atom. The highest BCUT2D eigenvalue weighted by atomic mass is 16.7. The first-order valence-electron chi connectivity index (χ1n) is 13.9. The van der Waals surface area contributed by atoms with Gasteiger partial charge in [-0.3, -0.25) is 19.2 Å². The topological polar surface area (TPSA) is 177 Å². The van der Waals surface area contributed by atoms with Crippen molar-refractivity contribution in [3.05, 3.63) is 64.3 Å². The molecule has 3 aliphatic carbocycles. The zero-order valence-electron chi connectivity index (χ0n) is 23.3. The molecule has 0 unspecified atom stereocenters. The zero-order valence-corrected chi connectivity index (χ0v) is 23.3. The molecule has 5 aliphatic rings. The Kier molecular flexibility index (Phi) is 6.58. The Hall–Kier alpha value is -3.32. The molecule has 1 saturated carbocycles. The van der Waals surface area contributed by atoms with Gasteiger partial charge >= 0.3 is 0 Å². The molecule has 42 heavy (non-hydrogen) atoms. The first-order valence-corrected chi connectivity index (χ1v) is 13.9. The normalized spacial score (nSPS) is 39.7. The monoisotopic (exact) mass is 580 g/mol. The number of benzene rings is 1. The summed E-state index contributed by atoms with van der Waals surface area (Å²) in [5, 5.41) is 44.6. The third-order valence-electron chi connectivity index (χ3n) is 8.96. The van der Waals surface area contributed by atoms with Gasteiger partial charge in [-0.2, -0.15) is 0 Å². The van der Waals surface area contributed by atoms with E-state index >= 15 is 0 Å². The number of phenolic OH excluding ortho intramolecular Hbond substituents is 1. The van der Waals surface area contributed by atoms with Crippen LogP contribution in [0.1, 0.15) is 78.8 Å².